The summed E-state index contributed by atoms with van der Waals surface area (Å²) in [7, 11) is 0. The fourth-order valence-corrected chi connectivity index (χ4v) is 2.34. The van der Waals surface area contributed by atoms with Crippen molar-refractivity contribution < 1.29 is 0 Å². The largest absolute Gasteiger partial charge is 0.310 e. The summed E-state index contributed by atoms with van der Waals surface area (Å²) in [6, 6.07) is 3.29. The van der Waals surface area contributed by atoms with Gasteiger partial charge < -0.3 is 5.32 Å². The first-order chi connectivity index (χ1) is 6.57. The van der Waals surface area contributed by atoms with E-state index < -0.39 is 0 Å². The summed E-state index contributed by atoms with van der Waals surface area (Å²) < 4.78 is 0. The SMILES string of the molecule is CCC(CC#N)NC1CCC(C)(C)C1. The van der Waals surface area contributed by atoms with Gasteiger partial charge in [-0.05, 0) is 31.1 Å². The maximum atomic E-state index is 8.65. The van der Waals surface area contributed by atoms with Crippen LogP contribution in [-0.4, -0.2) is 12.1 Å². The van der Waals surface area contributed by atoms with Gasteiger partial charge in [0.05, 0.1) is 12.5 Å². The topological polar surface area (TPSA) is 35.8 Å². The maximum absolute atomic E-state index is 8.65. The summed E-state index contributed by atoms with van der Waals surface area (Å²) in [6.45, 7) is 6.81. The molecular formula is C12H22N2. The number of nitrogens with zero attached hydrogens (tertiary/aromatic N) is 1. The van der Waals surface area contributed by atoms with Crippen LogP contribution in [-0.2, 0) is 0 Å². The van der Waals surface area contributed by atoms with Gasteiger partial charge in [-0.3, -0.25) is 0 Å². The van der Waals surface area contributed by atoms with Crippen molar-refractivity contribution in [1.29, 1.82) is 5.26 Å². The highest BCUT2D eigenvalue weighted by Crippen LogP contribution is 2.37. The number of hydrogen-bond donors (Lipinski definition) is 1. The highest BCUT2D eigenvalue weighted by molar-refractivity contribution is 4.90. The first-order valence-corrected chi connectivity index (χ1v) is 5.70. The second-order valence-corrected chi connectivity index (χ2v) is 5.24. The van der Waals surface area contributed by atoms with Gasteiger partial charge in [0.2, 0.25) is 0 Å². The van der Waals surface area contributed by atoms with Crippen molar-refractivity contribution in [2.75, 3.05) is 0 Å². The van der Waals surface area contributed by atoms with Crippen LogP contribution in [0, 0.1) is 16.7 Å². The van der Waals surface area contributed by atoms with Crippen LogP contribution in [0.4, 0.5) is 0 Å². The Morgan fingerprint density at radius 2 is 2.29 bits per heavy atom. The van der Waals surface area contributed by atoms with E-state index in [1.54, 1.807) is 0 Å². The maximum Gasteiger partial charge on any atom is 0.0638 e. The van der Waals surface area contributed by atoms with Crippen LogP contribution in [0.3, 0.4) is 0 Å². The van der Waals surface area contributed by atoms with Crippen LogP contribution in [0.25, 0.3) is 0 Å². The molecule has 0 aliphatic heterocycles. The number of rotatable bonds is 4. The van der Waals surface area contributed by atoms with Crippen LogP contribution in [0.2, 0.25) is 0 Å². The van der Waals surface area contributed by atoms with E-state index in [2.05, 4.69) is 32.2 Å². The predicted octanol–water partition coefficient (Wildman–Crippen LogP) is 2.85. The highest BCUT2D eigenvalue weighted by atomic mass is 15.0. The van der Waals surface area contributed by atoms with Gasteiger partial charge in [-0.2, -0.15) is 5.26 Å². The minimum absolute atomic E-state index is 0.402. The van der Waals surface area contributed by atoms with Gasteiger partial charge in [0.15, 0.2) is 0 Å². The number of nitriles is 1. The molecule has 1 N–H and O–H groups in total. The van der Waals surface area contributed by atoms with Gasteiger partial charge in [0.1, 0.15) is 0 Å². The van der Waals surface area contributed by atoms with E-state index in [4.69, 9.17) is 5.26 Å². The normalized spacial score (nSPS) is 27.1. The summed E-state index contributed by atoms with van der Waals surface area (Å²) >= 11 is 0. The van der Waals surface area contributed by atoms with E-state index in [1.807, 2.05) is 0 Å². The first kappa shape index (κ1) is 11.5. The molecule has 1 saturated carbocycles. The van der Waals surface area contributed by atoms with Crippen LogP contribution in [0.5, 0.6) is 0 Å². The van der Waals surface area contributed by atoms with E-state index in [0.717, 1.165) is 6.42 Å². The molecule has 1 aliphatic rings. The van der Waals surface area contributed by atoms with Crippen LogP contribution in [0.15, 0.2) is 0 Å². The molecular weight excluding hydrogens is 172 g/mol. The quantitative estimate of drug-likeness (QED) is 0.747. The Morgan fingerprint density at radius 1 is 1.57 bits per heavy atom. The monoisotopic (exact) mass is 194 g/mol. The Kier molecular flexibility index (Phi) is 3.95. The second-order valence-electron chi connectivity index (χ2n) is 5.24. The smallest absolute Gasteiger partial charge is 0.0638 e. The van der Waals surface area contributed by atoms with E-state index >= 15 is 0 Å². The molecule has 0 aromatic rings. The number of nitrogens with one attached hydrogen (secondary N) is 1. The molecule has 0 bridgehead atoms. The molecule has 2 unspecified atom stereocenters. The lowest BCUT2D eigenvalue weighted by Gasteiger charge is -2.21. The molecule has 80 valence electrons. The molecule has 0 aromatic heterocycles. The molecule has 1 aliphatic carbocycles. The Balaban J connectivity index is 2.34. The van der Waals surface area contributed by atoms with Crippen molar-refractivity contribution in [3.8, 4) is 6.07 Å². The molecule has 0 saturated heterocycles. The van der Waals surface area contributed by atoms with Crippen molar-refractivity contribution in [1.82, 2.24) is 5.32 Å². The third-order valence-corrected chi connectivity index (χ3v) is 3.27. The average Bonchev–Trinajstić information content (AvgIpc) is 2.45. The van der Waals surface area contributed by atoms with Gasteiger partial charge in [0.25, 0.3) is 0 Å². The molecule has 1 fully saturated rings. The summed E-state index contributed by atoms with van der Waals surface area (Å²) in [6.07, 6.45) is 5.55. The zero-order valence-electron chi connectivity index (χ0n) is 9.64. The molecule has 14 heavy (non-hydrogen) atoms. The standard InChI is InChI=1S/C12H22N2/c1-4-10(6-8-13)14-11-5-7-12(2,3)9-11/h10-11,14H,4-7,9H2,1-3H3. The highest BCUT2D eigenvalue weighted by Gasteiger charge is 2.31. The minimum atomic E-state index is 0.402. The minimum Gasteiger partial charge on any atom is -0.310 e. The van der Waals surface area contributed by atoms with Crippen molar-refractivity contribution in [3.63, 3.8) is 0 Å². The molecule has 0 aromatic carbocycles. The van der Waals surface area contributed by atoms with E-state index in [0.29, 0.717) is 23.9 Å². The van der Waals surface area contributed by atoms with Crippen molar-refractivity contribution in [2.45, 2.75) is 65.0 Å². The lowest BCUT2D eigenvalue weighted by Crippen LogP contribution is -2.36. The van der Waals surface area contributed by atoms with Crippen molar-refractivity contribution >= 4 is 0 Å². The zero-order chi connectivity index (χ0) is 10.6. The van der Waals surface area contributed by atoms with E-state index in [-0.39, 0.29) is 0 Å². The lowest BCUT2D eigenvalue weighted by molar-refractivity contribution is 0.349. The number of hydrogen-bond acceptors (Lipinski definition) is 2. The van der Waals surface area contributed by atoms with E-state index in [9.17, 15) is 0 Å². The van der Waals surface area contributed by atoms with Gasteiger partial charge in [-0.15, -0.1) is 0 Å². The zero-order valence-corrected chi connectivity index (χ0v) is 9.64. The van der Waals surface area contributed by atoms with Gasteiger partial charge in [-0.25, -0.2) is 0 Å². The van der Waals surface area contributed by atoms with Crippen LogP contribution < -0.4 is 5.32 Å². The van der Waals surface area contributed by atoms with E-state index in [1.165, 1.54) is 19.3 Å². The third kappa shape index (κ3) is 3.31. The molecule has 1 rings (SSSR count). The molecule has 0 radical (unpaired) electrons. The van der Waals surface area contributed by atoms with Crippen molar-refractivity contribution in [2.24, 2.45) is 5.41 Å². The molecule has 0 spiro atoms. The molecule has 2 nitrogen and oxygen atoms in total. The van der Waals surface area contributed by atoms with Gasteiger partial charge in [0, 0.05) is 12.1 Å². The van der Waals surface area contributed by atoms with Crippen LogP contribution >= 0.6 is 0 Å². The lowest BCUT2D eigenvalue weighted by atomic mass is 9.91. The molecule has 0 amide bonds. The first-order valence-electron chi connectivity index (χ1n) is 5.70. The molecule has 2 heteroatoms. The fourth-order valence-electron chi connectivity index (χ4n) is 2.34. The summed E-state index contributed by atoms with van der Waals surface area (Å²) in [5.41, 5.74) is 0.503. The van der Waals surface area contributed by atoms with Crippen LogP contribution in [0.1, 0.15) is 52.9 Å². The Bertz CT molecular complexity index is 215. The van der Waals surface area contributed by atoms with Crippen molar-refractivity contribution in [3.05, 3.63) is 0 Å². The molecule has 2 atom stereocenters. The summed E-state index contributed by atoms with van der Waals surface area (Å²) in [4.78, 5) is 0. The fraction of sp³-hybridized carbons (Fsp3) is 0.917. The Hall–Kier alpha value is -0.550. The second kappa shape index (κ2) is 4.79. The molecule has 0 heterocycles. The predicted molar refractivity (Wildman–Crippen MR) is 58.9 cm³/mol. The average molecular weight is 194 g/mol. The van der Waals surface area contributed by atoms with Gasteiger partial charge in [-0.1, -0.05) is 20.8 Å². The Morgan fingerprint density at radius 3 is 2.71 bits per heavy atom. The summed E-state index contributed by atoms with van der Waals surface area (Å²) in [5.74, 6) is 0. The van der Waals surface area contributed by atoms with Gasteiger partial charge >= 0.3 is 0 Å². The third-order valence-electron chi connectivity index (χ3n) is 3.27. The Labute approximate surface area is 87.7 Å². The summed E-state index contributed by atoms with van der Waals surface area (Å²) in [5, 5.41) is 12.3.